The molecule has 22 heavy (non-hydrogen) atoms. The maximum atomic E-state index is 13.5. The van der Waals surface area contributed by atoms with Crippen LogP contribution in [0, 0.1) is 25.5 Å². The molecule has 0 radical (unpaired) electrons. The van der Waals surface area contributed by atoms with Gasteiger partial charge in [-0.05, 0) is 26.0 Å². The van der Waals surface area contributed by atoms with Gasteiger partial charge in [-0.2, -0.15) is 9.97 Å². The molecule has 0 bridgehead atoms. The zero-order chi connectivity index (χ0) is 16.3. The molecule has 8 heteroatoms. The van der Waals surface area contributed by atoms with Crippen LogP contribution in [0.4, 0.5) is 25.0 Å². The van der Waals surface area contributed by atoms with E-state index in [9.17, 15) is 13.6 Å². The van der Waals surface area contributed by atoms with E-state index >= 15 is 0 Å². The highest BCUT2D eigenvalue weighted by Gasteiger charge is 2.13. The fourth-order valence-electron chi connectivity index (χ4n) is 1.82. The summed E-state index contributed by atoms with van der Waals surface area (Å²) in [7, 11) is 1.44. The second-order valence-corrected chi connectivity index (χ2v) is 4.46. The second kappa shape index (κ2) is 6.33. The van der Waals surface area contributed by atoms with Crippen LogP contribution in [0.25, 0.3) is 0 Å². The number of carbonyl (C=O) groups excluding carboxylic acids is 1. The number of hydrogen-bond donors (Lipinski definition) is 2. The Hall–Kier alpha value is -2.77. The van der Waals surface area contributed by atoms with Gasteiger partial charge in [0.1, 0.15) is 11.6 Å². The van der Waals surface area contributed by atoms with Gasteiger partial charge in [0.2, 0.25) is 0 Å². The van der Waals surface area contributed by atoms with Crippen LogP contribution >= 0.6 is 0 Å². The molecule has 0 aliphatic carbocycles. The number of amides is 2. The smallest absolute Gasteiger partial charge is 0.323 e. The molecule has 0 saturated heterocycles. The normalized spacial score (nSPS) is 10.2. The summed E-state index contributed by atoms with van der Waals surface area (Å²) >= 11 is 0. The van der Waals surface area contributed by atoms with Crippen molar-refractivity contribution in [2.45, 2.75) is 13.8 Å². The molecule has 2 aromatic rings. The zero-order valence-corrected chi connectivity index (χ0v) is 12.2. The third kappa shape index (κ3) is 3.46. The summed E-state index contributed by atoms with van der Waals surface area (Å²) in [4.78, 5) is 20.0. The Morgan fingerprint density at radius 1 is 1.14 bits per heavy atom. The third-order valence-corrected chi connectivity index (χ3v) is 2.85. The van der Waals surface area contributed by atoms with Crippen molar-refractivity contribution < 1.29 is 18.3 Å². The summed E-state index contributed by atoms with van der Waals surface area (Å²) < 4.78 is 31.2. The summed E-state index contributed by atoms with van der Waals surface area (Å²) in [6.07, 6.45) is 0. The average molecular weight is 308 g/mol. The molecular weight excluding hydrogens is 294 g/mol. The number of methoxy groups -OCH3 is 1. The van der Waals surface area contributed by atoms with Crippen LogP contribution in [-0.2, 0) is 0 Å². The van der Waals surface area contributed by atoms with Crippen LogP contribution in [0.3, 0.4) is 0 Å². The van der Waals surface area contributed by atoms with Crippen molar-refractivity contribution in [1.29, 1.82) is 0 Å². The van der Waals surface area contributed by atoms with E-state index in [4.69, 9.17) is 4.74 Å². The first-order chi connectivity index (χ1) is 10.4. The molecule has 1 heterocycles. The minimum absolute atomic E-state index is 0.136. The summed E-state index contributed by atoms with van der Waals surface area (Å²) in [5, 5.41) is 4.82. The minimum atomic E-state index is -0.866. The van der Waals surface area contributed by atoms with Gasteiger partial charge in [-0.15, -0.1) is 0 Å². The number of carbonyl (C=O) groups is 1. The number of nitrogens with zero attached hydrogens (tertiary/aromatic N) is 2. The number of nitrogens with one attached hydrogen (secondary N) is 2. The first-order valence-electron chi connectivity index (χ1n) is 6.33. The quantitative estimate of drug-likeness (QED) is 0.914. The molecule has 116 valence electrons. The molecule has 2 rings (SSSR count). The number of aryl methyl sites for hydroxylation is 2. The van der Waals surface area contributed by atoms with E-state index in [0.717, 1.165) is 12.1 Å². The van der Waals surface area contributed by atoms with E-state index in [1.165, 1.54) is 7.11 Å². The van der Waals surface area contributed by atoms with Gasteiger partial charge in [-0.25, -0.2) is 13.6 Å². The van der Waals surface area contributed by atoms with Crippen molar-refractivity contribution in [2.24, 2.45) is 0 Å². The lowest BCUT2D eigenvalue weighted by Gasteiger charge is -2.12. The first-order valence-corrected chi connectivity index (χ1v) is 6.33. The molecule has 2 amide bonds. The number of ether oxygens (including phenoxy) is 1. The van der Waals surface area contributed by atoms with E-state index < -0.39 is 17.7 Å². The maximum Gasteiger partial charge on any atom is 0.323 e. The Morgan fingerprint density at radius 3 is 2.32 bits per heavy atom. The molecule has 1 aromatic heterocycles. The molecule has 1 aromatic carbocycles. The molecule has 6 nitrogen and oxygen atoms in total. The van der Waals surface area contributed by atoms with Crippen LogP contribution in [-0.4, -0.2) is 23.1 Å². The Kier molecular flexibility index (Phi) is 4.50. The molecule has 0 aliphatic rings. The number of anilines is 2. The maximum absolute atomic E-state index is 13.5. The molecule has 0 spiro atoms. The summed E-state index contributed by atoms with van der Waals surface area (Å²) in [6, 6.07) is 2.36. The van der Waals surface area contributed by atoms with Gasteiger partial charge in [0.15, 0.2) is 0 Å². The Bertz CT molecular complexity index is 699. The van der Waals surface area contributed by atoms with Crippen molar-refractivity contribution in [1.82, 2.24) is 9.97 Å². The second-order valence-electron chi connectivity index (χ2n) is 4.46. The SMILES string of the molecule is COc1nc(C)c(NC(=O)Nc2ccc(F)cc2F)c(C)n1. The number of benzene rings is 1. The third-order valence-electron chi connectivity index (χ3n) is 2.85. The minimum Gasteiger partial charge on any atom is -0.467 e. The highest BCUT2D eigenvalue weighted by atomic mass is 19.1. The van der Waals surface area contributed by atoms with Crippen molar-refractivity contribution in [3.63, 3.8) is 0 Å². The summed E-state index contributed by atoms with van der Waals surface area (Å²) in [5.74, 6) is -1.59. The van der Waals surface area contributed by atoms with Gasteiger partial charge in [-0.1, -0.05) is 0 Å². The lowest BCUT2D eigenvalue weighted by atomic mass is 10.3. The van der Waals surface area contributed by atoms with Crippen molar-refractivity contribution in [2.75, 3.05) is 17.7 Å². The molecule has 2 N–H and O–H groups in total. The lowest BCUT2D eigenvalue weighted by Crippen LogP contribution is -2.22. The number of urea groups is 1. The number of rotatable bonds is 3. The highest BCUT2D eigenvalue weighted by Crippen LogP contribution is 2.20. The lowest BCUT2D eigenvalue weighted by molar-refractivity contribution is 0.262. The fraction of sp³-hybridized carbons (Fsp3) is 0.214. The van der Waals surface area contributed by atoms with Crippen molar-refractivity contribution in [3.8, 4) is 6.01 Å². The highest BCUT2D eigenvalue weighted by molar-refractivity contribution is 6.00. The summed E-state index contributed by atoms with van der Waals surface area (Å²) in [6.45, 7) is 3.34. The van der Waals surface area contributed by atoms with E-state index in [0.29, 0.717) is 23.1 Å². The van der Waals surface area contributed by atoms with E-state index in [-0.39, 0.29) is 11.7 Å². The molecule has 0 aliphatic heterocycles. The van der Waals surface area contributed by atoms with Crippen LogP contribution in [0.5, 0.6) is 6.01 Å². The largest absolute Gasteiger partial charge is 0.467 e. The van der Waals surface area contributed by atoms with Gasteiger partial charge < -0.3 is 15.4 Å². The molecular formula is C14H14F2N4O2. The zero-order valence-electron chi connectivity index (χ0n) is 12.2. The molecule has 0 unspecified atom stereocenters. The number of halogens is 2. The van der Waals surface area contributed by atoms with Gasteiger partial charge in [0, 0.05) is 6.07 Å². The molecule has 0 atom stereocenters. The van der Waals surface area contributed by atoms with E-state index in [2.05, 4.69) is 20.6 Å². The number of aromatic nitrogens is 2. The molecule has 0 fully saturated rings. The van der Waals surface area contributed by atoms with Crippen LogP contribution in [0.2, 0.25) is 0 Å². The predicted octanol–water partition coefficient (Wildman–Crippen LogP) is 3.02. The topological polar surface area (TPSA) is 76.1 Å². The fourth-order valence-corrected chi connectivity index (χ4v) is 1.82. The van der Waals surface area contributed by atoms with E-state index in [1.54, 1.807) is 13.8 Å². The van der Waals surface area contributed by atoms with Crippen molar-refractivity contribution in [3.05, 3.63) is 41.2 Å². The standard InChI is InChI=1S/C14H14F2N4O2/c1-7-12(8(2)18-14(17-7)22-3)20-13(21)19-11-5-4-9(15)6-10(11)16/h4-6H,1-3H3,(H2,19,20,21). The summed E-state index contributed by atoms with van der Waals surface area (Å²) in [5.41, 5.74) is 1.25. The van der Waals surface area contributed by atoms with Crippen LogP contribution in [0.1, 0.15) is 11.4 Å². The van der Waals surface area contributed by atoms with Crippen LogP contribution < -0.4 is 15.4 Å². The van der Waals surface area contributed by atoms with Gasteiger partial charge in [0.25, 0.3) is 0 Å². The number of hydrogen-bond acceptors (Lipinski definition) is 4. The van der Waals surface area contributed by atoms with Crippen LogP contribution in [0.15, 0.2) is 18.2 Å². The first kappa shape index (κ1) is 15.6. The van der Waals surface area contributed by atoms with Gasteiger partial charge >= 0.3 is 12.0 Å². The van der Waals surface area contributed by atoms with E-state index in [1.807, 2.05) is 0 Å². The predicted molar refractivity (Wildman–Crippen MR) is 77.1 cm³/mol. The monoisotopic (exact) mass is 308 g/mol. The average Bonchev–Trinajstić information content (AvgIpc) is 2.45. The van der Waals surface area contributed by atoms with Crippen molar-refractivity contribution >= 4 is 17.4 Å². The Balaban J connectivity index is 2.15. The Labute approximate surface area is 125 Å². The van der Waals surface area contributed by atoms with Gasteiger partial charge in [0.05, 0.1) is 29.9 Å². The van der Waals surface area contributed by atoms with Gasteiger partial charge in [-0.3, -0.25) is 0 Å². The molecule has 0 saturated carbocycles. The Morgan fingerprint density at radius 2 is 1.77 bits per heavy atom.